The second kappa shape index (κ2) is 8.68. The van der Waals surface area contributed by atoms with E-state index in [2.05, 4.69) is 14.8 Å². The van der Waals surface area contributed by atoms with Crippen LogP contribution in [0, 0.1) is 6.92 Å². The van der Waals surface area contributed by atoms with Crippen molar-refractivity contribution in [3.63, 3.8) is 0 Å². The van der Waals surface area contributed by atoms with E-state index >= 15 is 0 Å². The van der Waals surface area contributed by atoms with Crippen LogP contribution in [-0.4, -0.2) is 20.7 Å². The zero-order valence-corrected chi connectivity index (χ0v) is 16.9. The third-order valence-corrected chi connectivity index (χ3v) is 5.47. The summed E-state index contributed by atoms with van der Waals surface area (Å²) in [6.07, 6.45) is -4.81. The molecule has 0 bridgehead atoms. The molecule has 0 aromatic heterocycles. The van der Waals surface area contributed by atoms with E-state index in [0.717, 1.165) is 17.7 Å². The largest absolute Gasteiger partial charge is 0.573 e. The Morgan fingerprint density at radius 3 is 1.94 bits per heavy atom. The number of nitrogens with one attached hydrogen (secondary N) is 2. The number of aryl methyl sites for hydroxylation is 1. The average molecular weight is 450 g/mol. The van der Waals surface area contributed by atoms with E-state index in [4.69, 9.17) is 0 Å². The predicted molar refractivity (Wildman–Crippen MR) is 110 cm³/mol. The molecule has 0 aliphatic carbocycles. The first-order valence-electron chi connectivity index (χ1n) is 8.89. The lowest BCUT2D eigenvalue weighted by Gasteiger charge is -2.11. The van der Waals surface area contributed by atoms with E-state index in [1.54, 1.807) is 12.1 Å². The first-order chi connectivity index (χ1) is 14.5. The Kier molecular flexibility index (Phi) is 6.21. The first-order valence-corrected chi connectivity index (χ1v) is 10.4. The van der Waals surface area contributed by atoms with Crippen LogP contribution in [-0.2, 0) is 10.0 Å². The van der Waals surface area contributed by atoms with Gasteiger partial charge in [0.05, 0.1) is 4.90 Å². The van der Waals surface area contributed by atoms with Gasteiger partial charge in [-0.3, -0.25) is 9.52 Å². The van der Waals surface area contributed by atoms with Crippen molar-refractivity contribution < 1.29 is 31.1 Å². The number of carbonyl (C=O) groups excluding carboxylic acids is 1. The van der Waals surface area contributed by atoms with Crippen LogP contribution in [0.1, 0.15) is 15.9 Å². The van der Waals surface area contributed by atoms with Gasteiger partial charge in [0.25, 0.3) is 15.9 Å². The molecule has 2 N–H and O–H groups in total. The summed E-state index contributed by atoms with van der Waals surface area (Å²) in [5.41, 5.74) is 1.73. The number of ether oxygens (including phenoxy) is 1. The molecular formula is C21H17F3N2O4S. The highest BCUT2D eigenvalue weighted by Crippen LogP contribution is 2.23. The molecule has 3 rings (SSSR count). The Morgan fingerprint density at radius 1 is 0.839 bits per heavy atom. The fourth-order valence-corrected chi connectivity index (χ4v) is 3.62. The van der Waals surface area contributed by atoms with Gasteiger partial charge in [0, 0.05) is 16.9 Å². The third kappa shape index (κ3) is 6.22. The SMILES string of the molecule is Cc1ccc(S(=O)(=O)Nc2ccc(NC(=O)c3ccc(OC(F)(F)F)cc3)cc2)cc1. The van der Waals surface area contributed by atoms with Crippen LogP contribution in [0.25, 0.3) is 0 Å². The summed E-state index contributed by atoms with van der Waals surface area (Å²) in [6.45, 7) is 1.85. The van der Waals surface area contributed by atoms with E-state index in [9.17, 15) is 26.4 Å². The van der Waals surface area contributed by atoms with Crippen LogP contribution in [0.3, 0.4) is 0 Å². The molecule has 31 heavy (non-hydrogen) atoms. The molecule has 6 nitrogen and oxygen atoms in total. The molecule has 0 saturated heterocycles. The number of halogens is 3. The minimum absolute atomic E-state index is 0.119. The Balaban J connectivity index is 1.63. The van der Waals surface area contributed by atoms with Gasteiger partial charge in [-0.2, -0.15) is 0 Å². The van der Waals surface area contributed by atoms with E-state index in [-0.39, 0.29) is 10.5 Å². The van der Waals surface area contributed by atoms with Crippen molar-refractivity contribution in [2.75, 3.05) is 10.0 Å². The van der Waals surface area contributed by atoms with Gasteiger partial charge in [0.15, 0.2) is 0 Å². The van der Waals surface area contributed by atoms with Gasteiger partial charge in [0.2, 0.25) is 0 Å². The zero-order valence-electron chi connectivity index (χ0n) is 16.1. The number of rotatable bonds is 6. The highest BCUT2D eigenvalue weighted by molar-refractivity contribution is 7.92. The summed E-state index contributed by atoms with van der Waals surface area (Å²) < 4.78 is 67.6. The number of anilines is 2. The molecule has 0 unspecified atom stereocenters. The minimum Gasteiger partial charge on any atom is -0.406 e. The first kappa shape index (κ1) is 22.2. The number of benzene rings is 3. The highest BCUT2D eigenvalue weighted by atomic mass is 32.2. The maximum absolute atomic E-state index is 12.4. The van der Waals surface area contributed by atoms with Gasteiger partial charge in [-0.25, -0.2) is 8.42 Å². The van der Waals surface area contributed by atoms with Crippen molar-refractivity contribution in [2.24, 2.45) is 0 Å². The maximum atomic E-state index is 12.4. The fraction of sp³-hybridized carbons (Fsp3) is 0.0952. The van der Waals surface area contributed by atoms with Gasteiger partial charge in [0.1, 0.15) is 5.75 Å². The number of hydrogen-bond donors (Lipinski definition) is 2. The maximum Gasteiger partial charge on any atom is 0.573 e. The lowest BCUT2D eigenvalue weighted by atomic mass is 10.2. The normalized spacial score (nSPS) is 11.6. The molecule has 162 valence electrons. The Bertz CT molecular complexity index is 1160. The number of carbonyl (C=O) groups is 1. The lowest BCUT2D eigenvalue weighted by molar-refractivity contribution is -0.274. The van der Waals surface area contributed by atoms with Gasteiger partial charge >= 0.3 is 6.36 Å². The summed E-state index contributed by atoms with van der Waals surface area (Å²) >= 11 is 0. The molecule has 0 spiro atoms. The molecule has 3 aromatic carbocycles. The highest BCUT2D eigenvalue weighted by Gasteiger charge is 2.31. The van der Waals surface area contributed by atoms with Crippen LogP contribution >= 0.6 is 0 Å². The van der Waals surface area contributed by atoms with E-state index in [1.807, 2.05) is 6.92 Å². The molecule has 3 aromatic rings. The van der Waals surface area contributed by atoms with Crippen molar-refractivity contribution >= 4 is 27.3 Å². The molecular weight excluding hydrogens is 433 g/mol. The molecule has 0 atom stereocenters. The molecule has 0 fully saturated rings. The summed E-state index contributed by atoms with van der Waals surface area (Å²) in [5, 5.41) is 2.57. The summed E-state index contributed by atoms with van der Waals surface area (Å²) in [4.78, 5) is 12.4. The van der Waals surface area contributed by atoms with Crippen molar-refractivity contribution in [1.82, 2.24) is 0 Å². The number of sulfonamides is 1. The Labute approximate surface area is 176 Å². The third-order valence-electron chi connectivity index (χ3n) is 4.08. The second-order valence-corrected chi connectivity index (χ2v) is 8.20. The predicted octanol–water partition coefficient (Wildman–Crippen LogP) is 4.95. The van der Waals surface area contributed by atoms with Gasteiger partial charge in [-0.05, 0) is 67.6 Å². The van der Waals surface area contributed by atoms with Crippen LogP contribution in [0.4, 0.5) is 24.5 Å². The summed E-state index contributed by atoms with van der Waals surface area (Å²) in [6, 6.07) is 16.8. The number of alkyl halides is 3. The van der Waals surface area contributed by atoms with Crippen molar-refractivity contribution in [1.29, 1.82) is 0 Å². The second-order valence-electron chi connectivity index (χ2n) is 6.52. The standard InChI is InChI=1S/C21H17F3N2O4S/c1-14-2-12-19(13-3-14)31(28,29)26-17-8-6-16(7-9-17)25-20(27)15-4-10-18(11-5-15)30-21(22,23)24/h2-13,26H,1H3,(H,25,27). The zero-order chi connectivity index (χ0) is 22.6. The van der Waals surface area contributed by atoms with Gasteiger partial charge < -0.3 is 10.1 Å². The van der Waals surface area contributed by atoms with Crippen LogP contribution in [0.15, 0.2) is 77.7 Å². The topological polar surface area (TPSA) is 84.5 Å². The Morgan fingerprint density at radius 2 is 1.39 bits per heavy atom. The molecule has 10 heteroatoms. The monoisotopic (exact) mass is 450 g/mol. The smallest absolute Gasteiger partial charge is 0.406 e. The van der Waals surface area contributed by atoms with E-state index in [1.165, 1.54) is 48.5 Å². The van der Waals surface area contributed by atoms with Gasteiger partial charge in [-0.15, -0.1) is 13.2 Å². The molecule has 0 heterocycles. The average Bonchev–Trinajstić information content (AvgIpc) is 2.69. The lowest BCUT2D eigenvalue weighted by Crippen LogP contribution is -2.17. The molecule has 0 saturated carbocycles. The van der Waals surface area contributed by atoms with Crippen LogP contribution in [0.5, 0.6) is 5.75 Å². The number of amides is 1. The molecule has 0 aliphatic heterocycles. The fourth-order valence-electron chi connectivity index (χ4n) is 2.56. The van der Waals surface area contributed by atoms with Crippen molar-refractivity contribution in [2.45, 2.75) is 18.2 Å². The summed E-state index contributed by atoms with van der Waals surface area (Å²) in [5.74, 6) is -0.985. The van der Waals surface area contributed by atoms with E-state index in [0.29, 0.717) is 11.4 Å². The van der Waals surface area contributed by atoms with E-state index < -0.39 is 28.0 Å². The van der Waals surface area contributed by atoms with Gasteiger partial charge in [-0.1, -0.05) is 17.7 Å². The Hall–Kier alpha value is -3.53. The quantitative estimate of drug-likeness (QED) is 0.557. The molecule has 0 aliphatic rings. The van der Waals surface area contributed by atoms with Crippen LogP contribution < -0.4 is 14.8 Å². The van der Waals surface area contributed by atoms with Crippen LogP contribution in [0.2, 0.25) is 0 Å². The summed E-state index contributed by atoms with van der Waals surface area (Å²) in [7, 11) is -3.76. The molecule has 0 radical (unpaired) electrons. The minimum atomic E-state index is -4.81. The molecule has 1 amide bonds. The van der Waals surface area contributed by atoms with Crippen molar-refractivity contribution in [3.8, 4) is 5.75 Å². The van der Waals surface area contributed by atoms with Crippen molar-refractivity contribution in [3.05, 3.63) is 83.9 Å². The number of hydrogen-bond acceptors (Lipinski definition) is 4.